The Labute approximate surface area is 149 Å². The number of carbonyl (C=O) groups is 3. The number of imide groups is 1. The molecule has 1 aliphatic carbocycles. The van der Waals surface area contributed by atoms with Gasteiger partial charge in [0, 0.05) is 17.4 Å². The Balaban J connectivity index is 1.58. The molecule has 3 rings (SSSR count). The number of halogens is 1. The third kappa shape index (κ3) is 3.29. The molecule has 1 aromatic carbocycles. The van der Waals surface area contributed by atoms with Crippen molar-refractivity contribution in [3.8, 4) is 0 Å². The Kier molecular flexibility index (Phi) is 4.85. The summed E-state index contributed by atoms with van der Waals surface area (Å²) in [6, 6.07) is 5.65. The summed E-state index contributed by atoms with van der Waals surface area (Å²) in [5, 5.41) is 2.81. The minimum absolute atomic E-state index is 0.102. The van der Waals surface area contributed by atoms with E-state index in [2.05, 4.69) is 21.2 Å². The number of nitrogens with zero attached hydrogens (tertiary/aromatic N) is 1. The van der Waals surface area contributed by atoms with Gasteiger partial charge < -0.3 is 5.32 Å². The summed E-state index contributed by atoms with van der Waals surface area (Å²) in [5.74, 6) is -0.973. The Morgan fingerprint density at radius 1 is 1.21 bits per heavy atom. The fourth-order valence-corrected chi connectivity index (χ4v) is 3.83. The van der Waals surface area contributed by atoms with E-state index in [1.54, 1.807) is 0 Å². The molecule has 24 heavy (non-hydrogen) atoms. The van der Waals surface area contributed by atoms with E-state index >= 15 is 0 Å². The lowest BCUT2D eigenvalue weighted by Gasteiger charge is -2.15. The molecule has 0 bridgehead atoms. The fourth-order valence-electron chi connectivity index (χ4n) is 3.24. The molecule has 0 radical (unpaired) electrons. The molecule has 0 saturated carbocycles. The third-order valence-corrected chi connectivity index (χ3v) is 5.22. The van der Waals surface area contributed by atoms with Gasteiger partial charge in [0.2, 0.25) is 17.7 Å². The Morgan fingerprint density at radius 3 is 2.42 bits per heavy atom. The first-order valence-electron chi connectivity index (χ1n) is 8.03. The average Bonchev–Trinajstić information content (AvgIpc) is 2.80. The van der Waals surface area contributed by atoms with Crippen LogP contribution in [0.1, 0.15) is 24.8 Å². The van der Waals surface area contributed by atoms with E-state index in [9.17, 15) is 14.4 Å². The summed E-state index contributed by atoms with van der Waals surface area (Å²) in [6.45, 7) is 2.11. The van der Waals surface area contributed by atoms with E-state index in [1.807, 2.05) is 37.3 Å². The molecule has 5 nitrogen and oxygen atoms in total. The van der Waals surface area contributed by atoms with Gasteiger partial charge in [-0.15, -0.1) is 0 Å². The summed E-state index contributed by atoms with van der Waals surface area (Å²) in [5.41, 5.74) is 1.77. The summed E-state index contributed by atoms with van der Waals surface area (Å²) >= 11 is 3.41. The zero-order valence-electron chi connectivity index (χ0n) is 13.4. The lowest BCUT2D eigenvalue weighted by molar-refractivity contribution is -0.140. The van der Waals surface area contributed by atoms with Crippen molar-refractivity contribution in [2.75, 3.05) is 11.9 Å². The number of likely N-dealkylation sites (tertiary alicyclic amines) is 1. The molecule has 1 fully saturated rings. The molecular weight excluding hydrogens is 372 g/mol. The first-order valence-corrected chi connectivity index (χ1v) is 8.83. The van der Waals surface area contributed by atoms with Crippen LogP contribution in [-0.2, 0) is 14.4 Å². The number of rotatable bonds is 4. The van der Waals surface area contributed by atoms with Gasteiger partial charge in [0.25, 0.3) is 0 Å². The molecule has 1 aliphatic heterocycles. The quantitative estimate of drug-likeness (QED) is 0.634. The molecule has 3 amide bonds. The molecule has 2 atom stereocenters. The lowest BCUT2D eigenvalue weighted by atomic mass is 9.85. The number of amides is 3. The highest BCUT2D eigenvalue weighted by Gasteiger charge is 2.46. The van der Waals surface area contributed by atoms with E-state index < -0.39 is 0 Å². The van der Waals surface area contributed by atoms with Crippen molar-refractivity contribution in [3.05, 3.63) is 40.4 Å². The number of carbonyl (C=O) groups excluding carboxylic acids is 3. The maximum atomic E-state index is 12.3. The van der Waals surface area contributed by atoms with Crippen molar-refractivity contribution in [2.45, 2.75) is 26.2 Å². The van der Waals surface area contributed by atoms with Gasteiger partial charge in [0.05, 0.1) is 17.5 Å². The van der Waals surface area contributed by atoms with Crippen molar-refractivity contribution < 1.29 is 14.4 Å². The van der Waals surface area contributed by atoms with Crippen molar-refractivity contribution in [1.29, 1.82) is 0 Å². The van der Waals surface area contributed by atoms with Gasteiger partial charge in [0.1, 0.15) is 0 Å². The van der Waals surface area contributed by atoms with Crippen LogP contribution in [0.3, 0.4) is 0 Å². The zero-order valence-corrected chi connectivity index (χ0v) is 15.0. The van der Waals surface area contributed by atoms with Gasteiger partial charge in [0.15, 0.2) is 0 Å². The molecule has 1 heterocycles. The predicted molar refractivity (Wildman–Crippen MR) is 94.2 cm³/mol. The molecule has 126 valence electrons. The van der Waals surface area contributed by atoms with Gasteiger partial charge >= 0.3 is 0 Å². The van der Waals surface area contributed by atoms with Crippen LogP contribution in [0.15, 0.2) is 34.8 Å². The van der Waals surface area contributed by atoms with E-state index in [-0.39, 0.29) is 42.5 Å². The summed E-state index contributed by atoms with van der Waals surface area (Å²) < 4.78 is 0.807. The van der Waals surface area contributed by atoms with Gasteiger partial charge in [-0.25, -0.2) is 0 Å². The SMILES string of the molecule is Cc1ccc(NC(=O)CCN2C(=O)[C@@H]3CC=CC[C@H]3C2=O)c(Br)c1. The van der Waals surface area contributed by atoms with Crippen LogP contribution < -0.4 is 5.32 Å². The van der Waals surface area contributed by atoms with Gasteiger partial charge in [-0.05, 0) is 53.4 Å². The predicted octanol–water partition coefficient (Wildman–Crippen LogP) is 3.04. The number of hydrogen-bond acceptors (Lipinski definition) is 3. The number of nitrogens with one attached hydrogen (secondary N) is 1. The Hall–Kier alpha value is -1.95. The molecule has 6 heteroatoms. The van der Waals surface area contributed by atoms with E-state index in [1.165, 1.54) is 4.90 Å². The standard InChI is InChI=1S/C18H19BrN2O3/c1-11-6-7-15(14(19)10-11)20-16(22)8-9-21-17(23)12-4-2-3-5-13(12)18(21)24/h2-3,6-7,10,12-13H,4-5,8-9H2,1H3,(H,20,22)/t12-,13-/m1/s1. The molecule has 1 aromatic rings. The second-order valence-electron chi connectivity index (χ2n) is 6.27. The topological polar surface area (TPSA) is 66.5 Å². The maximum Gasteiger partial charge on any atom is 0.233 e. The van der Waals surface area contributed by atoms with Crippen LogP contribution in [0.5, 0.6) is 0 Å². The van der Waals surface area contributed by atoms with Crippen LogP contribution >= 0.6 is 15.9 Å². The maximum absolute atomic E-state index is 12.3. The molecule has 1 saturated heterocycles. The Morgan fingerprint density at radius 2 is 1.83 bits per heavy atom. The largest absolute Gasteiger partial charge is 0.325 e. The fraction of sp³-hybridized carbons (Fsp3) is 0.389. The van der Waals surface area contributed by atoms with E-state index in [0.717, 1.165) is 10.0 Å². The number of hydrogen-bond donors (Lipinski definition) is 1. The van der Waals surface area contributed by atoms with Crippen LogP contribution in [0.4, 0.5) is 5.69 Å². The van der Waals surface area contributed by atoms with E-state index in [0.29, 0.717) is 18.5 Å². The van der Waals surface area contributed by atoms with Crippen molar-refractivity contribution >= 4 is 39.3 Å². The van der Waals surface area contributed by atoms with Gasteiger partial charge in [-0.3, -0.25) is 19.3 Å². The summed E-state index contributed by atoms with van der Waals surface area (Å²) in [6.07, 6.45) is 5.25. The number of fused-ring (bicyclic) bond motifs is 1. The minimum atomic E-state index is -0.239. The molecule has 0 aromatic heterocycles. The highest BCUT2D eigenvalue weighted by atomic mass is 79.9. The van der Waals surface area contributed by atoms with Crippen LogP contribution in [0.2, 0.25) is 0 Å². The monoisotopic (exact) mass is 390 g/mol. The molecule has 0 unspecified atom stereocenters. The third-order valence-electron chi connectivity index (χ3n) is 4.56. The summed E-state index contributed by atoms with van der Waals surface area (Å²) in [7, 11) is 0. The molecule has 1 N–H and O–H groups in total. The second-order valence-corrected chi connectivity index (χ2v) is 7.12. The van der Waals surface area contributed by atoms with Crippen molar-refractivity contribution in [1.82, 2.24) is 4.90 Å². The van der Waals surface area contributed by atoms with Crippen molar-refractivity contribution in [3.63, 3.8) is 0 Å². The van der Waals surface area contributed by atoms with Crippen molar-refractivity contribution in [2.24, 2.45) is 11.8 Å². The van der Waals surface area contributed by atoms with E-state index in [4.69, 9.17) is 0 Å². The number of aryl methyl sites for hydroxylation is 1. The number of benzene rings is 1. The average molecular weight is 391 g/mol. The first-order chi connectivity index (χ1) is 11.5. The zero-order chi connectivity index (χ0) is 17.3. The van der Waals surface area contributed by atoms with Crippen LogP contribution in [0, 0.1) is 18.8 Å². The minimum Gasteiger partial charge on any atom is -0.325 e. The lowest BCUT2D eigenvalue weighted by Crippen LogP contribution is -2.34. The Bertz CT molecular complexity index is 703. The highest BCUT2D eigenvalue weighted by molar-refractivity contribution is 9.10. The number of anilines is 1. The smallest absolute Gasteiger partial charge is 0.233 e. The second kappa shape index (κ2) is 6.89. The molecule has 2 aliphatic rings. The number of allylic oxidation sites excluding steroid dienone is 2. The summed E-state index contributed by atoms with van der Waals surface area (Å²) in [4.78, 5) is 38.1. The molecule has 0 spiro atoms. The van der Waals surface area contributed by atoms with Gasteiger partial charge in [-0.1, -0.05) is 18.2 Å². The molecular formula is C18H19BrN2O3. The normalized spacial score (nSPS) is 22.7. The highest BCUT2D eigenvalue weighted by Crippen LogP contribution is 2.35. The van der Waals surface area contributed by atoms with Crippen LogP contribution in [0.25, 0.3) is 0 Å². The van der Waals surface area contributed by atoms with Crippen LogP contribution in [-0.4, -0.2) is 29.2 Å². The first kappa shape index (κ1) is 16.9. The van der Waals surface area contributed by atoms with Gasteiger partial charge in [-0.2, -0.15) is 0 Å².